The summed E-state index contributed by atoms with van der Waals surface area (Å²) in [6.45, 7) is 3.06. The molecular weight excluding hydrogens is 266 g/mol. The molecule has 2 N–H and O–H groups in total. The van der Waals surface area contributed by atoms with E-state index in [2.05, 4.69) is 11.4 Å². The Bertz CT molecular complexity index is 463. The van der Waals surface area contributed by atoms with E-state index >= 15 is 0 Å². The van der Waals surface area contributed by atoms with E-state index in [0.29, 0.717) is 12.5 Å². The monoisotopic (exact) mass is 291 g/mol. The van der Waals surface area contributed by atoms with E-state index in [1.165, 1.54) is 6.42 Å². The lowest BCUT2D eigenvalue weighted by Gasteiger charge is -2.27. The normalized spacial score (nSPS) is 25.4. The standard InChI is InChI=1S/C17H25NO3/c19-15-7-2-1-5-13(15)11-18-12-14-6-3-8-16-17(14)21-10-4-9-20-16/h3,6,8,13,15,18-19H,1-2,4-5,7,9-12H2. The van der Waals surface area contributed by atoms with E-state index in [-0.39, 0.29) is 6.10 Å². The number of fused-ring (bicyclic) bond motifs is 1. The number of hydrogen-bond donors (Lipinski definition) is 2. The highest BCUT2D eigenvalue weighted by atomic mass is 16.5. The van der Waals surface area contributed by atoms with Crippen LogP contribution in [0.15, 0.2) is 18.2 Å². The molecule has 0 saturated heterocycles. The Morgan fingerprint density at radius 3 is 2.86 bits per heavy atom. The van der Waals surface area contributed by atoms with Crippen LogP contribution < -0.4 is 14.8 Å². The van der Waals surface area contributed by atoms with Gasteiger partial charge in [-0.05, 0) is 24.8 Å². The number of ether oxygens (including phenoxy) is 2. The smallest absolute Gasteiger partial charge is 0.165 e. The molecule has 2 atom stereocenters. The fraction of sp³-hybridized carbons (Fsp3) is 0.647. The predicted octanol–water partition coefficient (Wildman–Crippen LogP) is 2.49. The van der Waals surface area contributed by atoms with Gasteiger partial charge in [0.15, 0.2) is 11.5 Å². The number of hydrogen-bond acceptors (Lipinski definition) is 4. The van der Waals surface area contributed by atoms with Crippen LogP contribution in [0.5, 0.6) is 11.5 Å². The van der Waals surface area contributed by atoms with Crippen LogP contribution in [0.2, 0.25) is 0 Å². The van der Waals surface area contributed by atoms with Gasteiger partial charge in [-0.25, -0.2) is 0 Å². The van der Waals surface area contributed by atoms with Crippen molar-refractivity contribution < 1.29 is 14.6 Å². The van der Waals surface area contributed by atoms with Crippen LogP contribution in [0.3, 0.4) is 0 Å². The number of benzene rings is 1. The Balaban J connectivity index is 1.58. The van der Waals surface area contributed by atoms with Crippen LogP contribution in [0.1, 0.15) is 37.7 Å². The van der Waals surface area contributed by atoms with E-state index in [0.717, 1.165) is 62.4 Å². The third-order valence-electron chi connectivity index (χ3n) is 4.44. The van der Waals surface area contributed by atoms with Gasteiger partial charge in [-0.2, -0.15) is 0 Å². The highest BCUT2D eigenvalue weighted by Gasteiger charge is 2.22. The molecule has 0 aromatic heterocycles. The van der Waals surface area contributed by atoms with Gasteiger partial charge in [0.25, 0.3) is 0 Å². The molecule has 1 fully saturated rings. The second-order valence-electron chi connectivity index (χ2n) is 6.04. The van der Waals surface area contributed by atoms with Crippen molar-refractivity contribution >= 4 is 0 Å². The first-order valence-corrected chi connectivity index (χ1v) is 8.11. The van der Waals surface area contributed by atoms with Crippen molar-refractivity contribution in [3.8, 4) is 11.5 Å². The molecule has 1 aliphatic heterocycles. The van der Waals surface area contributed by atoms with Crippen molar-refractivity contribution in [2.24, 2.45) is 5.92 Å². The van der Waals surface area contributed by atoms with Crippen LogP contribution in [0, 0.1) is 5.92 Å². The van der Waals surface area contributed by atoms with E-state index in [9.17, 15) is 5.11 Å². The Morgan fingerprint density at radius 1 is 1.10 bits per heavy atom. The molecule has 0 spiro atoms. The van der Waals surface area contributed by atoms with Crippen molar-refractivity contribution in [1.82, 2.24) is 5.32 Å². The first-order chi connectivity index (χ1) is 10.3. The number of aliphatic hydroxyl groups is 1. The third-order valence-corrected chi connectivity index (χ3v) is 4.44. The van der Waals surface area contributed by atoms with Crippen molar-refractivity contribution in [3.05, 3.63) is 23.8 Å². The van der Waals surface area contributed by atoms with E-state index in [1.807, 2.05) is 12.1 Å². The summed E-state index contributed by atoms with van der Waals surface area (Å²) in [5.41, 5.74) is 1.14. The molecule has 2 aliphatic rings. The van der Waals surface area contributed by atoms with Gasteiger partial charge in [0.05, 0.1) is 19.3 Å². The summed E-state index contributed by atoms with van der Waals surface area (Å²) < 4.78 is 11.5. The fourth-order valence-corrected chi connectivity index (χ4v) is 3.21. The van der Waals surface area contributed by atoms with Gasteiger partial charge in [-0.1, -0.05) is 25.0 Å². The van der Waals surface area contributed by atoms with Crippen LogP contribution in [-0.4, -0.2) is 31.0 Å². The van der Waals surface area contributed by atoms with Crippen LogP contribution in [0.25, 0.3) is 0 Å². The van der Waals surface area contributed by atoms with Crippen molar-refractivity contribution in [2.45, 2.75) is 44.8 Å². The average Bonchev–Trinajstić information content (AvgIpc) is 2.75. The van der Waals surface area contributed by atoms with Crippen LogP contribution in [0.4, 0.5) is 0 Å². The SMILES string of the molecule is OC1CCCCC1CNCc1cccc2c1OCCCO2. The van der Waals surface area contributed by atoms with Gasteiger partial charge in [-0.15, -0.1) is 0 Å². The van der Waals surface area contributed by atoms with Crippen molar-refractivity contribution in [3.63, 3.8) is 0 Å². The van der Waals surface area contributed by atoms with E-state index in [1.54, 1.807) is 0 Å². The molecule has 4 nitrogen and oxygen atoms in total. The van der Waals surface area contributed by atoms with Crippen molar-refractivity contribution in [2.75, 3.05) is 19.8 Å². The van der Waals surface area contributed by atoms with Crippen LogP contribution >= 0.6 is 0 Å². The minimum absolute atomic E-state index is 0.140. The molecular formula is C17H25NO3. The van der Waals surface area contributed by atoms with E-state index in [4.69, 9.17) is 9.47 Å². The first kappa shape index (κ1) is 14.7. The maximum atomic E-state index is 10.0. The molecule has 0 radical (unpaired) electrons. The Morgan fingerprint density at radius 2 is 1.95 bits per heavy atom. The molecule has 2 unspecified atom stereocenters. The summed E-state index contributed by atoms with van der Waals surface area (Å²) in [6.07, 6.45) is 5.26. The van der Waals surface area contributed by atoms with Gasteiger partial charge in [0.1, 0.15) is 0 Å². The van der Waals surface area contributed by atoms with Gasteiger partial charge in [-0.3, -0.25) is 0 Å². The lowest BCUT2D eigenvalue weighted by molar-refractivity contribution is 0.0695. The highest BCUT2D eigenvalue weighted by Crippen LogP contribution is 2.33. The molecule has 21 heavy (non-hydrogen) atoms. The quantitative estimate of drug-likeness (QED) is 0.895. The minimum Gasteiger partial charge on any atom is -0.490 e. The summed E-state index contributed by atoms with van der Waals surface area (Å²) in [4.78, 5) is 0. The zero-order valence-electron chi connectivity index (χ0n) is 12.5. The summed E-state index contributed by atoms with van der Waals surface area (Å²) in [5.74, 6) is 2.12. The summed E-state index contributed by atoms with van der Waals surface area (Å²) in [7, 11) is 0. The van der Waals surface area contributed by atoms with E-state index < -0.39 is 0 Å². The summed E-state index contributed by atoms with van der Waals surface area (Å²) in [5, 5.41) is 13.5. The third kappa shape index (κ3) is 3.69. The number of para-hydroxylation sites is 1. The molecule has 4 heteroatoms. The molecule has 1 heterocycles. The second kappa shape index (κ2) is 7.14. The Kier molecular flexibility index (Phi) is 4.99. The first-order valence-electron chi connectivity index (χ1n) is 8.11. The molecule has 116 valence electrons. The molecule has 1 aliphatic carbocycles. The molecule has 0 amide bonds. The Hall–Kier alpha value is -1.26. The molecule has 0 bridgehead atoms. The van der Waals surface area contributed by atoms with Gasteiger partial charge < -0.3 is 19.9 Å². The number of nitrogens with one attached hydrogen (secondary N) is 1. The molecule has 1 aromatic carbocycles. The maximum Gasteiger partial charge on any atom is 0.165 e. The topological polar surface area (TPSA) is 50.7 Å². The van der Waals surface area contributed by atoms with Crippen molar-refractivity contribution in [1.29, 1.82) is 0 Å². The highest BCUT2D eigenvalue weighted by molar-refractivity contribution is 5.47. The predicted molar refractivity (Wildman–Crippen MR) is 81.7 cm³/mol. The summed E-state index contributed by atoms with van der Waals surface area (Å²) >= 11 is 0. The molecule has 1 aromatic rings. The van der Waals surface area contributed by atoms with Gasteiger partial charge in [0, 0.05) is 25.1 Å². The number of rotatable bonds is 4. The zero-order valence-corrected chi connectivity index (χ0v) is 12.5. The minimum atomic E-state index is -0.140. The molecule has 3 rings (SSSR count). The second-order valence-corrected chi connectivity index (χ2v) is 6.04. The van der Waals surface area contributed by atoms with Gasteiger partial charge >= 0.3 is 0 Å². The Labute approximate surface area is 126 Å². The summed E-state index contributed by atoms with van der Waals surface area (Å²) in [6, 6.07) is 6.06. The maximum absolute atomic E-state index is 10.0. The van der Waals surface area contributed by atoms with Gasteiger partial charge in [0.2, 0.25) is 0 Å². The zero-order chi connectivity index (χ0) is 14.5. The lowest BCUT2D eigenvalue weighted by Crippen LogP contribution is -2.33. The van der Waals surface area contributed by atoms with Crippen LogP contribution in [-0.2, 0) is 6.54 Å². The number of aliphatic hydroxyl groups excluding tert-OH is 1. The fourth-order valence-electron chi connectivity index (χ4n) is 3.21. The largest absolute Gasteiger partial charge is 0.490 e. The average molecular weight is 291 g/mol. The molecule has 1 saturated carbocycles. The lowest BCUT2D eigenvalue weighted by atomic mass is 9.86.